The summed E-state index contributed by atoms with van der Waals surface area (Å²) in [5, 5.41) is 0.660. The number of primary amides is 1. The topological polar surface area (TPSA) is 85.2 Å². The molecule has 6 heteroatoms. The van der Waals surface area contributed by atoms with Crippen molar-refractivity contribution in [3.63, 3.8) is 0 Å². The molecule has 0 aliphatic heterocycles. The Kier molecular flexibility index (Phi) is 4.33. The number of nitrogens with two attached hydrogens (primary N) is 2. The molecule has 2 rings (SSSR count). The zero-order valence-electron chi connectivity index (χ0n) is 11.9. The van der Waals surface area contributed by atoms with Gasteiger partial charge < -0.3 is 16.4 Å². The number of nitrogen functional groups attached to an aromatic ring is 1. The maximum atomic E-state index is 11.6. The van der Waals surface area contributed by atoms with Gasteiger partial charge in [0.2, 0.25) is 0 Å². The van der Waals surface area contributed by atoms with Crippen LogP contribution in [0, 0.1) is 0 Å². The van der Waals surface area contributed by atoms with Crippen molar-refractivity contribution >= 4 is 29.0 Å². The minimum absolute atomic E-state index is 0.0297. The normalized spacial score (nSPS) is 12.0. The fourth-order valence-electron chi connectivity index (χ4n) is 2.11. The molecule has 1 aromatic carbocycles. The molecule has 5 nitrogen and oxygen atoms in total. The van der Waals surface area contributed by atoms with E-state index in [9.17, 15) is 4.79 Å². The Morgan fingerprint density at radius 1 is 1.38 bits per heavy atom. The van der Waals surface area contributed by atoms with Gasteiger partial charge in [-0.05, 0) is 30.7 Å². The number of carbonyl (C=O) groups is 1. The van der Waals surface area contributed by atoms with E-state index in [1.807, 2.05) is 43.1 Å². The molecule has 0 aliphatic rings. The molecule has 0 aliphatic carbocycles. The van der Waals surface area contributed by atoms with Crippen molar-refractivity contribution < 1.29 is 4.79 Å². The molecule has 0 radical (unpaired) electrons. The van der Waals surface area contributed by atoms with E-state index in [4.69, 9.17) is 23.1 Å². The van der Waals surface area contributed by atoms with E-state index in [0.29, 0.717) is 22.1 Å². The minimum Gasteiger partial charge on any atom is -0.397 e. The standard InChI is InChI=1S/C15H17ClN4O/c1-9(10-4-3-5-11(16)6-10)20(2)15-13(14(18)21)7-12(17)8-19-15/h3-9H,17H2,1-2H3,(H2,18,21). The number of aromatic nitrogens is 1. The average molecular weight is 305 g/mol. The van der Waals surface area contributed by atoms with E-state index in [0.717, 1.165) is 5.56 Å². The van der Waals surface area contributed by atoms with Gasteiger partial charge in [0.25, 0.3) is 5.91 Å². The first-order chi connectivity index (χ1) is 9.90. The highest BCUT2D eigenvalue weighted by Crippen LogP contribution is 2.28. The highest BCUT2D eigenvalue weighted by molar-refractivity contribution is 6.30. The predicted octanol–water partition coefficient (Wildman–Crippen LogP) is 2.61. The van der Waals surface area contributed by atoms with Gasteiger partial charge in [-0.2, -0.15) is 0 Å². The molecule has 1 aromatic heterocycles. The summed E-state index contributed by atoms with van der Waals surface area (Å²) in [4.78, 5) is 17.7. The number of rotatable bonds is 4. The van der Waals surface area contributed by atoms with Crippen molar-refractivity contribution in [2.24, 2.45) is 5.73 Å². The van der Waals surface area contributed by atoms with E-state index in [1.54, 1.807) is 0 Å². The van der Waals surface area contributed by atoms with Gasteiger partial charge in [-0.25, -0.2) is 4.98 Å². The highest BCUT2D eigenvalue weighted by Gasteiger charge is 2.19. The summed E-state index contributed by atoms with van der Waals surface area (Å²) in [5.74, 6) is -0.0703. The maximum absolute atomic E-state index is 11.6. The lowest BCUT2D eigenvalue weighted by atomic mass is 10.1. The molecule has 1 amide bonds. The first kappa shape index (κ1) is 15.1. The van der Waals surface area contributed by atoms with E-state index in [1.165, 1.54) is 12.3 Å². The van der Waals surface area contributed by atoms with Crippen molar-refractivity contribution in [2.75, 3.05) is 17.7 Å². The number of pyridine rings is 1. The first-order valence-electron chi connectivity index (χ1n) is 6.43. The van der Waals surface area contributed by atoms with Crippen LogP contribution in [-0.2, 0) is 0 Å². The zero-order chi connectivity index (χ0) is 15.6. The second-order valence-corrected chi connectivity index (χ2v) is 5.28. The van der Waals surface area contributed by atoms with Gasteiger partial charge in [0.15, 0.2) is 0 Å². The number of hydrogen-bond acceptors (Lipinski definition) is 4. The third-order valence-electron chi connectivity index (χ3n) is 3.40. The Hall–Kier alpha value is -2.27. The zero-order valence-corrected chi connectivity index (χ0v) is 12.6. The Balaban J connectivity index is 2.40. The maximum Gasteiger partial charge on any atom is 0.252 e. The monoisotopic (exact) mass is 304 g/mol. The summed E-state index contributed by atoms with van der Waals surface area (Å²) in [7, 11) is 1.84. The smallest absolute Gasteiger partial charge is 0.252 e. The van der Waals surface area contributed by atoms with Crippen LogP contribution in [-0.4, -0.2) is 17.9 Å². The Bertz CT molecular complexity index is 674. The number of carbonyl (C=O) groups excluding carboxylic acids is 1. The van der Waals surface area contributed by atoms with Gasteiger partial charge in [0.1, 0.15) is 5.82 Å². The summed E-state index contributed by atoms with van der Waals surface area (Å²) >= 11 is 6.02. The molecule has 21 heavy (non-hydrogen) atoms. The molecule has 4 N–H and O–H groups in total. The lowest BCUT2D eigenvalue weighted by molar-refractivity contribution is 0.100. The average Bonchev–Trinajstić information content (AvgIpc) is 2.45. The molecule has 0 fully saturated rings. The summed E-state index contributed by atoms with van der Waals surface area (Å²) in [5.41, 5.74) is 12.8. The van der Waals surface area contributed by atoms with Crippen LogP contribution in [0.3, 0.4) is 0 Å². The van der Waals surface area contributed by atoms with E-state index >= 15 is 0 Å². The fraction of sp³-hybridized carbons (Fsp3) is 0.200. The fourth-order valence-corrected chi connectivity index (χ4v) is 2.31. The van der Waals surface area contributed by atoms with Gasteiger partial charge in [-0.3, -0.25) is 4.79 Å². The summed E-state index contributed by atoms with van der Waals surface area (Å²) in [6.07, 6.45) is 1.50. The third-order valence-corrected chi connectivity index (χ3v) is 3.63. The molecule has 2 aromatic rings. The molecular weight excluding hydrogens is 288 g/mol. The summed E-state index contributed by atoms with van der Waals surface area (Å²) in [6, 6.07) is 9.05. The number of nitrogens with zero attached hydrogens (tertiary/aromatic N) is 2. The van der Waals surface area contributed by atoms with Gasteiger partial charge in [0.05, 0.1) is 23.5 Å². The molecule has 1 unspecified atom stereocenters. The number of anilines is 2. The van der Waals surface area contributed by atoms with Crippen LogP contribution in [0.1, 0.15) is 28.9 Å². The van der Waals surface area contributed by atoms with Crippen LogP contribution in [0.2, 0.25) is 5.02 Å². The molecule has 0 saturated carbocycles. The molecule has 0 spiro atoms. The number of amides is 1. The van der Waals surface area contributed by atoms with Gasteiger partial charge in [-0.1, -0.05) is 23.7 Å². The number of hydrogen-bond donors (Lipinski definition) is 2. The van der Waals surface area contributed by atoms with Crippen LogP contribution in [0.5, 0.6) is 0 Å². The van der Waals surface area contributed by atoms with Crippen LogP contribution in [0.4, 0.5) is 11.5 Å². The van der Waals surface area contributed by atoms with Gasteiger partial charge >= 0.3 is 0 Å². The Labute approximate surface area is 128 Å². The van der Waals surface area contributed by atoms with Gasteiger partial charge in [-0.15, -0.1) is 0 Å². The molecule has 0 bridgehead atoms. The Morgan fingerprint density at radius 2 is 2.10 bits per heavy atom. The lowest BCUT2D eigenvalue weighted by Gasteiger charge is -2.27. The van der Waals surface area contributed by atoms with Crippen molar-refractivity contribution in [3.05, 3.63) is 52.7 Å². The van der Waals surface area contributed by atoms with Crippen LogP contribution in [0.15, 0.2) is 36.5 Å². The number of halogens is 1. The number of benzene rings is 1. The van der Waals surface area contributed by atoms with Crippen molar-refractivity contribution in [1.29, 1.82) is 0 Å². The second kappa shape index (κ2) is 6.01. The molecule has 110 valence electrons. The largest absolute Gasteiger partial charge is 0.397 e. The molecular formula is C15H17ClN4O. The highest BCUT2D eigenvalue weighted by atomic mass is 35.5. The van der Waals surface area contributed by atoms with Crippen molar-refractivity contribution in [2.45, 2.75) is 13.0 Å². The molecule has 1 heterocycles. The van der Waals surface area contributed by atoms with Crippen molar-refractivity contribution in [3.8, 4) is 0 Å². The van der Waals surface area contributed by atoms with E-state index < -0.39 is 5.91 Å². The molecule has 1 atom stereocenters. The Morgan fingerprint density at radius 3 is 2.71 bits per heavy atom. The predicted molar refractivity (Wildman–Crippen MR) is 85.4 cm³/mol. The van der Waals surface area contributed by atoms with E-state index in [-0.39, 0.29) is 6.04 Å². The summed E-state index contributed by atoms with van der Waals surface area (Å²) < 4.78 is 0. The third kappa shape index (κ3) is 3.25. The van der Waals surface area contributed by atoms with Crippen LogP contribution < -0.4 is 16.4 Å². The summed E-state index contributed by atoms with van der Waals surface area (Å²) in [6.45, 7) is 1.99. The first-order valence-corrected chi connectivity index (χ1v) is 6.81. The second-order valence-electron chi connectivity index (χ2n) is 4.85. The molecule has 0 saturated heterocycles. The van der Waals surface area contributed by atoms with Crippen LogP contribution >= 0.6 is 11.6 Å². The lowest BCUT2D eigenvalue weighted by Crippen LogP contribution is -2.26. The van der Waals surface area contributed by atoms with Crippen molar-refractivity contribution in [1.82, 2.24) is 4.98 Å². The minimum atomic E-state index is -0.560. The SMILES string of the molecule is CC(c1cccc(Cl)c1)N(C)c1ncc(N)cc1C(N)=O. The van der Waals surface area contributed by atoms with Gasteiger partial charge in [0, 0.05) is 12.1 Å². The van der Waals surface area contributed by atoms with Crippen LogP contribution in [0.25, 0.3) is 0 Å². The quantitative estimate of drug-likeness (QED) is 0.909. The van der Waals surface area contributed by atoms with E-state index in [2.05, 4.69) is 4.98 Å².